The molecule has 0 aromatic rings. The average molecular weight is 837 g/mol. The van der Waals surface area contributed by atoms with Gasteiger partial charge in [-0.05, 0) is 89.9 Å². The fraction of sp³-hybridized carbons (Fsp3) is 0.745. The van der Waals surface area contributed by atoms with E-state index in [1.165, 1.54) is 122 Å². The third-order valence-corrected chi connectivity index (χ3v) is 10.7. The second-order valence-electron chi connectivity index (χ2n) is 16.7. The molecular formula is C55H96O5. The van der Waals surface area contributed by atoms with Crippen LogP contribution >= 0.6 is 0 Å². The zero-order chi connectivity index (χ0) is 43.5. The summed E-state index contributed by atoms with van der Waals surface area (Å²) in [5.41, 5.74) is 0. The summed E-state index contributed by atoms with van der Waals surface area (Å²) in [7, 11) is 0. The number of unbranched alkanes of at least 4 members (excludes halogenated alkanes) is 23. The molecule has 0 rings (SSSR count). The lowest BCUT2D eigenvalue weighted by molar-refractivity contribution is -0.163. The maximum Gasteiger partial charge on any atom is 0.306 e. The molecule has 0 amide bonds. The molecule has 0 aliphatic carbocycles. The van der Waals surface area contributed by atoms with E-state index in [1.54, 1.807) is 0 Å². The van der Waals surface area contributed by atoms with Gasteiger partial charge in [0.15, 0.2) is 6.10 Å². The van der Waals surface area contributed by atoms with E-state index in [0.717, 1.165) is 83.5 Å². The first-order valence-electron chi connectivity index (χ1n) is 25.5. The van der Waals surface area contributed by atoms with Crippen molar-refractivity contribution in [1.29, 1.82) is 0 Å². The number of allylic oxidation sites excluding steroid dienone is 12. The summed E-state index contributed by atoms with van der Waals surface area (Å²) in [4.78, 5) is 25.2. The van der Waals surface area contributed by atoms with Gasteiger partial charge in [0.25, 0.3) is 0 Å². The predicted octanol–water partition coefficient (Wildman–Crippen LogP) is 17.1. The maximum atomic E-state index is 12.7. The van der Waals surface area contributed by atoms with Crippen molar-refractivity contribution in [2.24, 2.45) is 0 Å². The normalized spacial score (nSPS) is 12.8. The highest BCUT2D eigenvalue weighted by Crippen LogP contribution is 2.14. The number of hydrogen-bond acceptors (Lipinski definition) is 5. The molecule has 0 heterocycles. The van der Waals surface area contributed by atoms with Crippen LogP contribution in [0.3, 0.4) is 0 Å². The average Bonchev–Trinajstić information content (AvgIpc) is 3.25. The molecule has 5 nitrogen and oxygen atoms in total. The van der Waals surface area contributed by atoms with Gasteiger partial charge in [-0.1, -0.05) is 209 Å². The van der Waals surface area contributed by atoms with Gasteiger partial charge in [-0.2, -0.15) is 0 Å². The van der Waals surface area contributed by atoms with Crippen LogP contribution in [0.15, 0.2) is 72.9 Å². The summed E-state index contributed by atoms with van der Waals surface area (Å²) in [6.07, 6.45) is 64.9. The first-order valence-corrected chi connectivity index (χ1v) is 25.5. The molecule has 1 atom stereocenters. The van der Waals surface area contributed by atoms with E-state index in [-0.39, 0.29) is 25.2 Å². The van der Waals surface area contributed by atoms with Crippen molar-refractivity contribution < 1.29 is 23.8 Å². The molecule has 5 heteroatoms. The van der Waals surface area contributed by atoms with E-state index in [4.69, 9.17) is 14.2 Å². The van der Waals surface area contributed by atoms with Crippen molar-refractivity contribution in [2.75, 3.05) is 19.8 Å². The van der Waals surface area contributed by atoms with Crippen molar-refractivity contribution in [1.82, 2.24) is 0 Å². The van der Waals surface area contributed by atoms with Gasteiger partial charge < -0.3 is 14.2 Å². The Hall–Kier alpha value is -2.66. The SMILES string of the molecule is CC/C=C\C/C=C\C/C=C\CCCCCCCCCCOCC(COC(=O)CCCCCCCC/C=C\C/C=C\C/C=C\CCCCC)OC(=O)CCCCCCCCC. The fourth-order valence-corrected chi connectivity index (χ4v) is 6.94. The Morgan fingerprint density at radius 3 is 1.23 bits per heavy atom. The molecule has 346 valence electrons. The molecule has 0 fully saturated rings. The van der Waals surface area contributed by atoms with Crippen molar-refractivity contribution in [2.45, 2.75) is 245 Å². The lowest BCUT2D eigenvalue weighted by atomic mass is 10.1. The first kappa shape index (κ1) is 57.3. The quantitative estimate of drug-likeness (QED) is 0.0347. The minimum atomic E-state index is -0.544. The molecule has 60 heavy (non-hydrogen) atoms. The Kier molecular flexibility index (Phi) is 48.4. The largest absolute Gasteiger partial charge is 0.462 e. The first-order chi connectivity index (χ1) is 29.6. The molecule has 0 aromatic carbocycles. The van der Waals surface area contributed by atoms with Crippen molar-refractivity contribution >= 4 is 11.9 Å². The maximum absolute atomic E-state index is 12.7. The smallest absolute Gasteiger partial charge is 0.306 e. The van der Waals surface area contributed by atoms with E-state index in [2.05, 4.69) is 93.7 Å². The molecule has 0 N–H and O–H groups in total. The van der Waals surface area contributed by atoms with Crippen LogP contribution in [0.1, 0.15) is 239 Å². The van der Waals surface area contributed by atoms with Gasteiger partial charge in [0, 0.05) is 19.4 Å². The molecule has 0 spiro atoms. The lowest BCUT2D eigenvalue weighted by Crippen LogP contribution is -2.30. The van der Waals surface area contributed by atoms with Gasteiger partial charge in [-0.25, -0.2) is 0 Å². The standard InChI is InChI=1S/C55H96O5/c1-4-7-10-13-16-18-20-22-24-26-28-29-31-33-35-37-40-42-45-48-54(56)59-52-53(60-55(57)49-46-43-39-15-12-9-6-3)51-58-50-47-44-41-38-36-34-32-30-27-25-23-21-19-17-14-11-8-5-2/h8,11,16-19,22-25,28-29,53H,4-7,9-10,12-15,20-21,26-27,30-52H2,1-3H3/b11-8-,18-16-,19-17-,24-22-,25-23-,29-28-. The molecule has 0 aliphatic rings. The Labute approximate surface area is 372 Å². The Morgan fingerprint density at radius 1 is 0.383 bits per heavy atom. The monoisotopic (exact) mass is 837 g/mol. The Balaban J connectivity index is 4.15. The highest BCUT2D eigenvalue weighted by atomic mass is 16.6. The van der Waals surface area contributed by atoms with Gasteiger partial charge in [-0.15, -0.1) is 0 Å². The fourth-order valence-electron chi connectivity index (χ4n) is 6.94. The Bertz CT molecular complexity index is 1080. The lowest BCUT2D eigenvalue weighted by Gasteiger charge is -2.18. The van der Waals surface area contributed by atoms with Gasteiger partial charge in [0.05, 0.1) is 6.61 Å². The summed E-state index contributed by atoms with van der Waals surface area (Å²) in [6.45, 7) is 7.64. The number of carbonyl (C=O) groups is 2. The minimum absolute atomic E-state index is 0.0743. The van der Waals surface area contributed by atoms with Crippen LogP contribution in [0.4, 0.5) is 0 Å². The van der Waals surface area contributed by atoms with Crippen LogP contribution in [0.25, 0.3) is 0 Å². The summed E-state index contributed by atoms with van der Waals surface area (Å²) in [6, 6.07) is 0. The van der Waals surface area contributed by atoms with Crippen LogP contribution in [-0.2, 0) is 23.8 Å². The third-order valence-electron chi connectivity index (χ3n) is 10.7. The number of rotatable bonds is 46. The highest BCUT2D eigenvalue weighted by Gasteiger charge is 2.17. The highest BCUT2D eigenvalue weighted by molar-refractivity contribution is 5.70. The van der Waals surface area contributed by atoms with Gasteiger partial charge in [0.1, 0.15) is 6.61 Å². The second-order valence-corrected chi connectivity index (χ2v) is 16.7. The van der Waals surface area contributed by atoms with E-state index < -0.39 is 6.10 Å². The summed E-state index contributed by atoms with van der Waals surface area (Å²) < 4.78 is 17.3. The Morgan fingerprint density at radius 2 is 0.750 bits per heavy atom. The van der Waals surface area contributed by atoms with E-state index in [0.29, 0.717) is 19.4 Å². The summed E-state index contributed by atoms with van der Waals surface area (Å²) >= 11 is 0. The van der Waals surface area contributed by atoms with E-state index in [1.807, 2.05) is 0 Å². The van der Waals surface area contributed by atoms with Crippen LogP contribution in [0, 0.1) is 0 Å². The molecule has 0 saturated heterocycles. The van der Waals surface area contributed by atoms with Crippen LogP contribution in [0.2, 0.25) is 0 Å². The van der Waals surface area contributed by atoms with Crippen LogP contribution in [-0.4, -0.2) is 37.9 Å². The van der Waals surface area contributed by atoms with Crippen LogP contribution < -0.4 is 0 Å². The molecule has 0 saturated carbocycles. The topological polar surface area (TPSA) is 61.8 Å². The second kappa shape index (κ2) is 50.7. The summed E-state index contributed by atoms with van der Waals surface area (Å²) in [5.74, 6) is -0.419. The minimum Gasteiger partial charge on any atom is -0.462 e. The molecule has 0 bridgehead atoms. The number of hydrogen-bond donors (Lipinski definition) is 0. The number of ether oxygens (including phenoxy) is 3. The molecule has 1 unspecified atom stereocenters. The van der Waals surface area contributed by atoms with Gasteiger partial charge in [0.2, 0.25) is 0 Å². The molecular weight excluding hydrogens is 741 g/mol. The van der Waals surface area contributed by atoms with Crippen molar-refractivity contribution in [3.05, 3.63) is 72.9 Å². The predicted molar refractivity (Wildman–Crippen MR) is 260 cm³/mol. The third kappa shape index (κ3) is 48.0. The van der Waals surface area contributed by atoms with Gasteiger partial charge in [-0.3, -0.25) is 9.59 Å². The van der Waals surface area contributed by atoms with Crippen LogP contribution in [0.5, 0.6) is 0 Å². The van der Waals surface area contributed by atoms with Crippen molar-refractivity contribution in [3.8, 4) is 0 Å². The zero-order valence-corrected chi connectivity index (χ0v) is 39.7. The molecule has 0 aliphatic heterocycles. The number of carbonyl (C=O) groups excluding carboxylic acids is 2. The zero-order valence-electron chi connectivity index (χ0n) is 39.7. The number of esters is 2. The molecule has 0 radical (unpaired) electrons. The van der Waals surface area contributed by atoms with E-state index >= 15 is 0 Å². The van der Waals surface area contributed by atoms with Gasteiger partial charge >= 0.3 is 11.9 Å². The summed E-state index contributed by atoms with van der Waals surface area (Å²) in [5, 5.41) is 0. The van der Waals surface area contributed by atoms with E-state index in [9.17, 15) is 9.59 Å². The van der Waals surface area contributed by atoms with Crippen molar-refractivity contribution in [3.63, 3.8) is 0 Å². The molecule has 0 aromatic heterocycles.